The van der Waals surface area contributed by atoms with Crippen LogP contribution in [0.25, 0.3) is 0 Å². The Labute approximate surface area is 287 Å². The zero-order chi connectivity index (χ0) is 36.6. The molecule has 1 unspecified atom stereocenters. The van der Waals surface area contributed by atoms with Gasteiger partial charge in [-0.15, -0.1) is 0 Å². The molecule has 2 aliphatic rings. The van der Waals surface area contributed by atoms with E-state index in [0.29, 0.717) is 19.3 Å². The van der Waals surface area contributed by atoms with Gasteiger partial charge in [-0.1, -0.05) is 59.8 Å². The SMILES string of the molecule is CCCCC(NC(=O)[C@@H]1C[C@@H](OC(C)(C)C)CN1C(=O)[C@@H](NC(=O)N[C@H](CN(C)S(C)(=O)=O)C(C)(C)C)C1CCCCC1)C(=O)C(N)=O. The van der Waals surface area contributed by atoms with Crippen LogP contribution >= 0.6 is 0 Å². The number of likely N-dealkylation sites (tertiary alicyclic amines) is 1. The molecule has 15 heteroatoms. The van der Waals surface area contributed by atoms with E-state index in [4.69, 9.17) is 10.5 Å². The highest BCUT2D eigenvalue weighted by Gasteiger charge is 2.46. The van der Waals surface area contributed by atoms with E-state index in [0.717, 1.165) is 31.9 Å². The molecule has 0 aromatic heterocycles. The number of unbranched alkanes of at least 4 members (excludes halogenated alkanes) is 1. The average molecular weight is 701 g/mol. The van der Waals surface area contributed by atoms with Gasteiger partial charge >= 0.3 is 6.03 Å². The smallest absolute Gasteiger partial charge is 0.315 e. The number of Topliss-reactive ketones (excluding diaryl/α,β-unsaturated/α-hetero) is 1. The number of urea groups is 1. The number of amides is 5. The molecule has 0 radical (unpaired) electrons. The van der Waals surface area contributed by atoms with E-state index in [1.54, 1.807) is 0 Å². The summed E-state index contributed by atoms with van der Waals surface area (Å²) in [6.45, 7) is 13.3. The van der Waals surface area contributed by atoms with E-state index in [-0.39, 0.29) is 31.8 Å². The minimum absolute atomic E-state index is 0.0290. The van der Waals surface area contributed by atoms with Crippen molar-refractivity contribution >= 4 is 39.6 Å². The largest absolute Gasteiger partial charge is 0.371 e. The predicted octanol–water partition coefficient (Wildman–Crippen LogP) is 2.05. The fourth-order valence-corrected chi connectivity index (χ4v) is 6.71. The van der Waals surface area contributed by atoms with Crippen molar-refractivity contribution in [1.29, 1.82) is 0 Å². The number of ketones is 1. The average Bonchev–Trinajstić information content (AvgIpc) is 3.38. The number of primary amides is 1. The Balaban J connectivity index is 2.42. The first-order valence-corrected chi connectivity index (χ1v) is 19.0. The normalized spacial score (nSPS) is 21.3. The van der Waals surface area contributed by atoms with Gasteiger partial charge in [0.2, 0.25) is 27.6 Å². The van der Waals surface area contributed by atoms with Crippen molar-refractivity contribution in [1.82, 2.24) is 25.2 Å². The number of ether oxygens (including phenoxy) is 1. The summed E-state index contributed by atoms with van der Waals surface area (Å²) >= 11 is 0. The Morgan fingerprint density at radius 2 is 1.58 bits per heavy atom. The Bertz CT molecular complexity index is 1260. The molecule has 0 spiro atoms. The second-order valence-corrected chi connectivity index (χ2v) is 17.6. The maximum absolute atomic E-state index is 14.5. The molecule has 14 nitrogen and oxygen atoms in total. The zero-order valence-corrected chi connectivity index (χ0v) is 31.2. The lowest BCUT2D eigenvalue weighted by Gasteiger charge is -2.37. The molecule has 0 aromatic carbocycles. The molecule has 5 N–H and O–H groups in total. The number of carbonyl (C=O) groups excluding carboxylic acids is 5. The van der Waals surface area contributed by atoms with Crippen molar-refractivity contribution in [2.75, 3.05) is 26.4 Å². The second kappa shape index (κ2) is 17.2. The van der Waals surface area contributed by atoms with Crippen LogP contribution < -0.4 is 21.7 Å². The van der Waals surface area contributed by atoms with Crippen LogP contribution in [-0.2, 0) is 33.9 Å². The molecule has 0 aromatic rings. The molecular formula is C33H60N6O8S. The van der Waals surface area contributed by atoms with Crippen molar-refractivity contribution < 1.29 is 37.1 Å². The summed E-state index contributed by atoms with van der Waals surface area (Å²) in [6, 6.07) is -4.30. The minimum atomic E-state index is -3.51. The second-order valence-electron chi connectivity index (χ2n) is 15.5. The molecule has 2 fully saturated rings. The lowest BCUT2D eigenvalue weighted by atomic mass is 9.83. The number of nitrogens with one attached hydrogen (secondary N) is 3. The maximum atomic E-state index is 14.5. The van der Waals surface area contributed by atoms with Crippen molar-refractivity contribution in [3.05, 3.63) is 0 Å². The first kappa shape index (κ1) is 41.4. The molecule has 2 rings (SSSR count). The first-order chi connectivity index (χ1) is 22.0. The Morgan fingerprint density at radius 1 is 0.979 bits per heavy atom. The van der Waals surface area contributed by atoms with Gasteiger partial charge in [0.15, 0.2) is 0 Å². The Morgan fingerprint density at radius 3 is 2.08 bits per heavy atom. The van der Waals surface area contributed by atoms with E-state index < -0.39 is 80.8 Å². The number of nitrogens with zero attached hydrogens (tertiary/aromatic N) is 2. The van der Waals surface area contributed by atoms with Crippen molar-refractivity contribution in [2.45, 2.75) is 142 Å². The van der Waals surface area contributed by atoms with Crippen LogP contribution in [0.3, 0.4) is 0 Å². The topological polar surface area (TPSA) is 197 Å². The van der Waals surface area contributed by atoms with Crippen molar-refractivity contribution in [3.8, 4) is 0 Å². The number of nitrogens with two attached hydrogens (primary N) is 1. The van der Waals surface area contributed by atoms with Crippen LogP contribution in [0.2, 0.25) is 0 Å². The molecule has 276 valence electrons. The maximum Gasteiger partial charge on any atom is 0.315 e. The van der Waals surface area contributed by atoms with Gasteiger partial charge in [0, 0.05) is 32.6 Å². The molecule has 1 aliphatic carbocycles. The van der Waals surface area contributed by atoms with Crippen LogP contribution in [-0.4, -0.2) is 109 Å². The van der Waals surface area contributed by atoms with E-state index in [1.807, 2.05) is 48.5 Å². The highest BCUT2D eigenvalue weighted by molar-refractivity contribution is 7.88. The lowest BCUT2D eigenvalue weighted by Crippen LogP contribution is -2.60. The third kappa shape index (κ3) is 12.6. The third-order valence-electron chi connectivity index (χ3n) is 9.12. The summed E-state index contributed by atoms with van der Waals surface area (Å²) in [7, 11) is -2.07. The van der Waals surface area contributed by atoms with Crippen molar-refractivity contribution in [3.63, 3.8) is 0 Å². The van der Waals surface area contributed by atoms with Gasteiger partial charge in [-0.25, -0.2) is 17.5 Å². The van der Waals surface area contributed by atoms with Crippen LogP contribution in [0, 0.1) is 11.3 Å². The molecule has 5 atom stereocenters. The van der Waals surface area contributed by atoms with Crippen molar-refractivity contribution in [2.24, 2.45) is 17.1 Å². The number of hydrogen-bond acceptors (Lipinski definition) is 8. The summed E-state index contributed by atoms with van der Waals surface area (Å²) in [5, 5.41) is 8.49. The Hall–Kier alpha value is -2.78. The molecule has 1 aliphatic heterocycles. The summed E-state index contributed by atoms with van der Waals surface area (Å²) in [4.78, 5) is 67.7. The molecule has 5 amide bonds. The standard InChI is InChI=1S/C33H60N6O8S/c1-10-11-17-23(27(40)28(34)41)35-29(42)24-18-22(47-33(5,6)7)19-39(24)30(43)26(21-15-13-12-14-16-21)37-31(44)36-25(32(2,3)4)20-38(8)48(9,45)46/h21-26H,10-20H2,1-9H3,(H2,34,41)(H,35,42)(H2,36,37,44)/t22-,23?,24+,25-,26+/m1/s1. The number of carbonyl (C=O) groups is 5. The van der Waals surface area contributed by atoms with E-state index in [9.17, 15) is 32.4 Å². The minimum Gasteiger partial charge on any atom is -0.371 e. The third-order valence-corrected chi connectivity index (χ3v) is 10.4. The highest BCUT2D eigenvalue weighted by atomic mass is 32.2. The molecule has 1 heterocycles. The van der Waals surface area contributed by atoms with Crippen LogP contribution in [0.4, 0.5) is 4.79 Å². The zero-order valence-electron chi connectivity index (χ0n) is 30.4. The molecule has 1 saturated carbocycles. The molecular weight excluding hydrogens is 640 g/mol. The lowest BCUT2D eigenvalue weighted by molar-refractivity contribution is -0.143. The summed E-state index contributed by atoms with van der Waals surface area (Å²) < 4.78 is 31.7. The highest BCUT2D eigenvalue weighted by Crippen LogP contribution is 2.31. The fraction of sp³-hybridized carbons (Fsp3) is 0.848. The fourth-order valence-electron chi connectivity index (χ4n) is 6.29. The summed E-state index contributed by atoms with van der Waals surface area (Å²) in [5.74, 6) is -3.27. The van der Waals surface area contributed by atoms with Gasteiger partial charge in [0.1, 0.15) is 12.1 Å². The van der Waals surface area contributed by atoms with Gasteiger partial charge in [0.05, 0.1) is 24.0 Å². The van der Waals surface area contributed by atoms with Gasteiger partial charge in [-0.2, -0.15) is 0 Å². The number of likely N-dealkylation sites (N-methyl/N-ethyl adjacent to an activating group) is 1. The van der Waals surface area contributed by atoms with E-state index in [1.165, 1.54) is 16.3 Å². The van der Waals surface area contributed by atoms with Crippen LogP contribution in [0.5, 0.6) is 0 Å². The van der Waals surface area contributed by atoms with E-state index >= 15 is 0 Å². The van der Waals surface area contributed by atoms with Gasteiger partial charge in [-0.05, 0) is 51.4 Å². The molecule has 48 heavy (non-hydrogen) atoms. The van der Waals surface area contributed by atoms with Crippen LogP contribution in [0.1, 0.15) is 106 Å². The number of sulfonamides is 1. The predicted molar refractivity (Wildman–Crippen MR) is 183 cm³/mol. The molecule has 0 bridgehead atoms. The summed E-state index contributed by atoms with van der Waals surface area (Å²) in [5.41, 5.74) is 4.19. The monoisotopic (exact) mass is 700 g/mol. The van der Waals surface area contributed by atoms with Gasteiger partial charge < -0.3 is 31.3 Å². The first-order valence-electron chi connectivity index (χ1n) is 17.2. The quantitative estimate of drug-likeness (QED) is 0.186. The molecule has 1 saturated heterocycles. The van der Waals surface area contributed by atoms with E-state index in [2.05, 4.69) is 16.0 Å². The number of hydrogen-bond donors (Lipinski definition) is 4. The van der Waals surface area contributed by atoms with Gasteiger partial charge in [0.25, 0.3) is 5.91 Å². The van der Waals surface area contributed by atoms with Gasteiger partial charge in [-0.3, -0.25) is 19.2 Å². The number of rotatable bonds is 15. The Kier molecular flexibility index (Phi) is 14.9. The van der Waals surface area contributed by atoms with Crippen LogP contribution in [0.15, 0.2) is 0 Å². The summed E-state index contributed by atoms with van der Waals surface area (Å²) in [6.07, 6.45) is 6.47.